The Kier molecular flexibility index (Phi) is 5.64. The van der Waals surface area contributed by atoms with Gasteiger partial charge < -0.3 is 5.11 Å². The lowest BCUT2D eigenvalue weighted by molar-refractivity contribution is 0.0807. The first kappa shape index (κ1) is 15.5. The molecule has 1 aromatic carbocycles. The Labute approximate surface area is 116 Å². The van der Waals surface area contributed by atoms with E-state index in [-0.39, 0.29) is 12.0 Å². The molecule has 0 spiro atoms. The molecule has 2 atom stereocenters. The number of aliphatic hydroxyl groups is 1. The fourth-order valence-electron chi connectivity index (χ4n) is 2.03. The van der Waals surface area contributed by atoms with E-state index in [1.54, 1.807) is 0 Å². The van der Waals surface area contributed by atoms with Crippen molar-refractivity contribution in [1.29, 1.82) is 0 Å². The molecular formula is C15H24ClNO. The van der Waals surface area contributed by atoms with Crippen LogP contribution in [0.25, 0.3) is 0 Å². The van der Waals surface area contributed by atoms with Gasteiger partial charge in [-0.2, -0.15) is 0 Å². The summed E-state index contributed by atoms with van der Waals surface area (Å²) in [5, 5.41) is 10.3. The highest BCUT2D eigenvalue weighted by Crippen LogP contribution is 2.27. The summed E-state index contributed by atoms with van der Waals surface area (Å²) in [7, 11) is 2.09. The van der Waals surface area contributed by atoms with Gasteiger partial charge in [-0.1, -0.05) is 37.6 Å². The van der Waals surface area contributed by atoms with E-state index >= 15 is 0 Å². The largest absolute Gasteiger partial charge is 0.396 e. The molecule has 0 amide bonds. The predicted octanol–water partition coefficient (Wildman–Crippen LogP) is 3.74. The van der Waals surface area contributed by atoms with Gasteiger partial charge in [0, 0.05) is 29.6 Å². The van der Waals surface area contributed by atoms with Crippen LogP contribution >= 0.6 is 11.6 Å². The number of benzene rings is 1. The van der Waals surface area contributed by atoms with Gasteiger partial charge in [0.1, 0.15) is 0 Å². The lowest BCUT2D eigenvalue weighted by Crippen LogP contribution is -2.37. The molecule has 0 bridgehead atoms. The molecule has 1 N–H and O–H groups in total. The van der Waals surface area contributed by atoms with E-state index in [4.69, 9.17) is 11.6 Å². The van der Waals surface area contributed by atoms with Gasteiger partial charge in [0.2, 0.25) is 0 Å². The number of rotatable bonds is 6. The molecule has 0 aliphatic carbocycles. The maximum Gasteiger partial charge on any atom is 0.0496 e. The van der Waals surface area contributed by atoms with E-state index in [1.165, 1.54) is 5.56 Å². The van der Waals surface area contributed by atoms with Gasteiger partial charge in [-0.15, -0.1) is 0 Å². The molecule has 102 valence electrons. The highest BCUT2D eigenvalue weighted by atomic mass is 35.5. The summed E-state index contributed by atoms with van der Waals surface area (Å²) >= 11 is 6.02. The smallest absolute Gasteiger partial charge is 0.0496 e. The zero-order valence-electron chi connectivity index (χ0n) is 11.8. The van der Waals surface area contributed by atoms with Crippen molar-refractivity contribution in [3.63, 3.8) is 0 Å². The van der Waals surface area contributed by atoms with Gasteiger partial charge in [0.15, 0.2) is 0 Å². The van der Waals surface area contributed by atoms with Crippen LogP contribution in [0.5, 0.6) is 0 Å². The Bertz CT molecular complexity index is 377. The van der Waals surface area contributed by atoms with Crippen molar-refractivity contribution in [2.75, 3.05) is 20.2 Å². The van der Waals surface area contributed by atoms with E-state index in [2.05, 4.69) is 38.8 Å². The van der Waals surface area contributed by atoms with Crippen LogP contribution in [0.3, 0.4) is 0 Å². The van der Waals surface area contributed by atoms with Crippen molar-refractivity contribution >= 4 is 11.6 Å². The molecular weight excluding hydrogens is 246 g/mol. The fourth-order valence-corrected chi connectivity index (χ4v) is 2.23. The predicted molar refractivity (Wildman–Crippen MR) is 78.0 cm³/mol. The van der Waals surface area contributed by atoms with Crippen LogP contribution in [-0.2, 0) is 0 Å². The summed E-state index contributed by atoms with van der Waals surface area (Å²) in [4.78, 5) is 2.27. The van der Waals surface area contributed by atoms with Crippen LogP contribution in [0.4, 0.5) is 0 Å². The maximum atomic E-state index is 9.48. The summed E-state index contributed by atoms with van der Waals surface area (Å²) < 4.78 is 0. The number of halogens is 1. The van der Waals surface area contributed by atoms with Crippen LogP contribution in [-0.4, -0.2) is 30.2 Å². The molecule has 0 radical (unpaired) electrons. The second-order valence-electron chi connectivity index (χ2n) is 5.47. The summed E-state index contributed by atoms with van der Waals surface area (Å²) in [6.45, 7) is 7.49. The molecule has 0 saturated heterocycles. The van der Waals surface area contributed by atoms with Crippen molar-refractivity contribution in [2.24, 2.45) is 5.41 Å². The maximum absolute atomic E-state index is 9.48. The lowest BCUT2D eigenvalue weighted by atomic mass is 9.87. The fraction of sp³-hybridized carbons (Fsp3) is 0.600. The Morgan fingerprint density at radius 3 is 2.61 bits per heavy atom. The molecule has 0 heterocycles. The first-order valence-electron chi connectivity index (χ1n) is 6.48. The van der Waals surface area contributed by atoms with Crippen LogP contribution in [0.2, 0.25) is 5.02 Å². The topological polar surface area (TPSA) is 23.5 Å². The van der Waals surface area contributed by atoms with E-state index in [1.807, 2.05) is 18.2 Å². The molecule has 1 aromatic rings. The van der Waals surface area contributed by atoms with Crippen LogP contribution in [0.1, 0.15) is 38.8 Å². The minimum absolute atomic E-state index is 0.0401. The first-order valence-corrected chi connectivity index (χ1v) is 6.86. The number of nitrogens with zero attached hydrogens (tertiary/aromatic N) is 1. The third-order valence-corrected chi connectivity index (χ3v) is 4.09. The van der Waals surface area contributed by atoms with Crippen molar-refractivity contribution in [3.8, 4) is 0 Å². The molecule has 0 aliphatic rings. The van der Waals surface area contributed by atoms with Gasteiger partial charge in [-0.25, -0.2) is 0 Å². The molecule has 18 heavy (non-hydrogen) atoms. The summed E-state index contributed by atoms with van der Waals surface area (Å²) in [6, 6.07) is 8.26. The lowest BCUT2D eigenvalue weighted by Gasteiger charge is -2.34. The SMILES string of the molecule is CCC(C)(CO)CN(C)C(C)c1cccc(Cl)c1. The van der Waals surface area contributed by atoms with Gasteiger partial charge in [-0.3, -0.25) is 4.90 Å². The van der Waals surface area contributed by atoms with Gasteiger partial charge in [0.25, 0.3) is 0 Å². The number of aliphatic hydroxyl groups excluding tert-OH is 1. The summed E-state index contributed by atoms with van der Waals surface area (Å²) in [6.07, 6.45) is 0.968. The van der Waals surface area contributed by atoms with Crippen molar-refractivity contribution < 1.29 is 5.11 Å². The van der Waals surface area contributed by atoms with Crippen LogP contribution < -0.4 is 0 Å². The monoisotopic (exact) mass is 269 g/mol. The molecule has 2 nitrogen and oxygen atoms in total. The summed E-state index contributed by atoms with van der Waals surface area (Å²) in [5.41, 5.74) is 1.17. The Morgan fingerprint density at radius 1 is 1.44 bits per heavy atom. The third-order valence-electron chi connectivity index (χ3n) is 3.86. The quantitative estimate of drug-likeness (QED) is 0.850. The van der Waals surface area contributed by atoms with E-state index < -0.39 is 0 Å². The van der Waals surface area contributed by atoms with Crippen LogP contribution in [0.15, 0.2) is 24.3 Å². The molecule has 0 fully saturated rings. The molecule has 3 heteroatoms. The standard InChI is InChI=1S/C15H24ClNO/c1-5-15(3,11-18)10-17(4)12(2)13-7-6-8-14(16)9-13/h6-9,12,18H,5,10-11H2,1-4H3. The zero-order chi connectivity index (χ0) is 13.8. The van der Waals surface area contributed by atoms with Crippen molar-refractivity contribution in [3.05, 3.63) is 34.9 Å². The zero-order valence-corrected chi connectivity index (χ0v) is 12.5. The third kappa shape index (κ3) is 3.98. The minimum Gasteiger partial charge on any atom is -0.396 e. The molecule has 0 aliphatic heterocycles. The molecule has 2 unspecified atom stereocenters. The average Bonchev–Trinajstić information content (AvgIpc) is 2.37. The molecule has 1 rings (SSSR count). The van der Waals surface area contributed by atoms with E-state index in [9.17, 15) is 5.11 Å². The number of hydrogen-bond donors (Lipinski definition) is 1. The van der Waals surface area contributed by atoms with E-state index in [0.29, 0.717) is 6.04 Å². The summed E-state index contributed by atoms with van der Waals surface area (Å²) in [5.74, 6) is 0. The van der Waals surface area contributed by atoms with Gasteiger partial charge in [-0.05, 0) is 38.1 Å². The van der Waals surface area contributed by atoms with Gasteiger partial charge in [0.05, 0.1) is 0 Å². The normalized spacial score (nSPS) is 16.6. The first-order chi connectivity index (χ1) is 8.41. The number of hydrogen-bond acceptors (Lipinski definition) is 2. The van der Waals surface area contributed by atoms with E-state index in [0.717, 1.165) is 18.0 Å². The second kappa shape index (κ2) is 6.55. The van der Waals surface area contributed by atoms with Gasteiger partial charge >= 0.3 is 0 Å². The average molecular weight is 270 g/mol. The van der Waals surface area contributed by atoms with Crippen molar-refractivity contribution in [1.82, 2.24) is 4.90 Å². The highest BCUT2D eigenvalue weighted by molar-refractivity contribution is 6.30. The Morgan fingerprint density at radius 2 is 2.11 bits per heavy atom. The highest BCUT2D eigenvalue weighted by Gasteiger charge is 2.25. The molecule has 0 aromatic heterocycles. The minimum atomic E-state index is -0.0401. The Balaban J connectivity index is 2.75. The molecule has 0 saturated carbocycles. The second-order valence-corrected chi connectivity index (χ2v) is 5.90. The van der Waals surface area contributed by atoms with Crippen molar-refractivity contribution in [2.45, 2.75) is 33.2 Å². The van der Waals surface area contributed by atoms with Crippen LogP contribution in [0, 0.1) is 5.41 Å². The Hall–Kier alpha value is -0.570.